The lowest BCUT2D eigenvalue weighted by Gasteiger charge is -2.43. The van der Waals surface area contributed by atoms with Gasteiger partial charge in [-0.3, -0.25) is 0 Å². The fraction of sp³-hybridized carbons (Fsp3) is 0.299. The molecule has 0 fully saturated rings. The Morgan fingerprint density at radius 1 is 0.480 bits per heavy atom. The van der Waals surface area contributed by atoms with E-state index in [1.165, 1.54) is 164 Å². The van der Waals surface area contributed by atoms with Crippen molar-refractivity contribution in [3.05, 3.63) is 209 Å². The van der Waals surface area contributed by atoms with Crippen LogP contribution >= 0.6 is 0 Å². The Kier molecular flexibility index (Phi) is 16.4. The van der Waals surface area contributed by atoms with Gasteiger partial charge >= 0.3 is 0 Å². The average molecular weight is 1030 g/mol. The number of unbranched alkanes of at least 4 members (excludes halogenated alkanes) is 2. The molecule has 75 heavy (non-hydrogen) atoms. The minimum absolute atomic E-state index is 0.637. The molecule has 0 aliphatic carbocycles. The molecule has 5 heterocycles. The van der Waals surface area contributed by atoms with E-state index in [0.29, 0.717) is 11.8 Å². The van der Waals surface area contributed by atoms with Gasteiger partial charge in [0.25, 0.3) is 0 Å². The van der Waals surface area contributed by atoms with Gasteiger partial charge in [0.05, 0.1) is 34.0 Å². The van der Waals surface area contributed by atoms with Crippen LogP contribution in [0.1, 0.15) is 118 Å². The smallest absolute Gasteiger partial charge is 0.177 e. The van der Waals surface area contributed by atoms with E-state index in [4.69, 9.17) is 18.6 Å². The van der Waals surface area contributed by atoms with E-state index in [2.05, 4.69) is 228 Å². The van der Waals surface area contributed by atoms with Crippen LogP contribution in [0.15, 0.2) is 164 Å². The first kappa shape index (κ1) is 53.7. The van der Waals surface area contributed by atoms with E-state index in [1.54, 1.807) is 10.4 Å². The molecular weight excluding hydrogens is 960 g/mol. The topological polar surface area (TPSA) is 101 Å². The number of pyridine rings is 2. The van der Waals surface area contributed by atoms with Gasteiger partial charge in [-0.1, -0.05) is 158 Å². The summed E-state index contributed by atoms with van der Waals surface area (Å²) in [4.78, 5) is 0. The number of benzene rings is 5. The van der Waals surface area contributed by atoms with Gasteiger partial charge in [-0.05, 0) is 157 Å². The van der Waals surface area contributed by atoms with E-state index in [9.17, 15) is 0 Å². The van der Waals surface area contributed by atoms with Gasteiger partial charge in [-0.15, -0.1) is 10.2 Å². The monoisotopic (exact) mass is 1030 g/mol. The Morgan fingerprint density at radius 3 is 1.27 bits per heavy atom. The SMILES string of the molecule is CCCCC(CC)C[Si]1(CC(CC)CCCC)c2cc(-c3c(-c4ccccc4)c(C)c4ccccn34)ccc2[C+](c2c(C)cccc2C)c2ccc(-c3c(-c4ccccc4)c(C)c4ccccn34)cc21.[O-][Cl+3]([O-])([O-])[O-]. The highest BCUT2D eigenvalue weighted by Crippen LogP contribution is 2.47. The molecule has 0 saturated heterocycles. The first-order valence-electron chi connectivity index (χ1n) is 27.4. The molecule has 5 aromatic carbocycles. The highest BCUT2D eigenvalue weighted by molar-refractivity contribution is 7.03. The quantitative estimate of drug-likeness (QED) is 0.0670. The molecule has 4 aromatic heterocycles. The number of rotatable bonds is 17. The van der Waals surface area contributed by atoms with Crippen molar-refractivity contribution in [1.29, 1.82) is 0 Å². The minimum atomic E-state index is -4.94. The molecule has 386 valence electrons. The van der Waals surface area contributed by atoms with E-state index >= 15 is 0 Å². The van der Waals surface area contributed by atoms with Gasteiger partial charge in [-0.25, -0.2) is 18.6 Å². The van der Waals surface area contributed by atoms with Crippen LogP contribution in [0.25, 0.3) is 55.8 Å². The molecule has 6 nitrogen and oxygen atoms in total. The molecule has 9 aromatic rings. The van der Waals surface area contributed by atoms with E-state index in [0.717, 1.165) is 0 Å². The number of fused-ring (bicyclic) bond motifs is 4. The van der Waals surface area contributed by atoms with Crippen LogP contribution in [0.3, 0.4) is 0 Å². The Balaban J connectivity index is 0.00000132. The lowest BCUT2D eigenvalue weighted by atomic mass is 9.79. The Bertz CT molecular complexity index is 3190. The predicted molar refractivity (Wildman–Crippen MR) is 304 cm³/mol. The molecule has 0 saturated carbocycles. The molecule has 0 N–H and O–H groups in total. The zero-order valence-electron chi connectivity index (χ0n) is 45.2. The molecule has 0 amide bonds. The van der Waals surface area contributed by atoms with Gasteiger partial charge in [0.15, 0.2) is 8.07 Å². The molecule has 2 unspecified atom stereocenters. The van der Waals surface area contributed by atoms with Crippen molar-refractivity contribution in [2.75, 3.05) is 0 Å². The van der Waals surface area contributed by atoms with E-state index < -0.39 is 18.3 Å². The molecular formula is C67H73ClN2O4Si. The van der Waals surface area contributed by atoms with Gasteiger partial charge in [0.2, 0.25) is 0 Å². The van der Waals surface area contributed by atoms with Gasteiger partial charge in [0.1, 0.15) is 0 Å². The first-order chi connectivity index (χ1) is 36.2. The van der Waals surface area contributed by atoms with Crippen molar-refractivity contribution >= 4 is 29.5 Å². The van der Waals surface area contributed by atoms with Gasteiger partial charge in [-0.2, -0.15) is 0 Å². The third kappa shape index (κ3) is 10.7. The van der Waals surface area contributed by atoms with Crippen LogP contribution in [0, 0.1) is 55.7 Å². The zero-order chi connectivity index (χ0) is 53.0. The summed E-state index contributed by atoms with van der Waals surface area (Å²) >= 11 is 0. The number of hydrogen-bond acceptors (Lipinski definition) is 4. The van der Waals surface area contributed by atoms with Crippen molar-refractivity contribution in [2.24, 2.45) is 11.8 Å². The second-order valence-corrected chi connectivity index (χ2v) is 26.0. The fourth-order valence-electron chi connectivity index (χ4n) is 13.0. The van der Waals surface area contributed by atoms with Crippen molar-refractivity contribution in [2.45, 2.75) is 119 Å². The van der Waals surface area contributed by atoms with Crippen LogP contribution in [-0.2, 0) is 0 Å². The standard InChI is InChI=1S/C67H73N2Si.ClHO4/c1-9-13-28-50(11-3)44-70(45-51(12-4)29-14-10-2)60-42-54(66-63(52-30-17-15-18-31-52)48(7)58-34-21-23-40-68(58)66)36-38-56(60)65(62-46(5)26-25-27-47(62)6)57-39-37-55(43-61(57)70)67-64(53-32-19-16-20-33-53)49(8)59-35-22-24-41-69(59)67;2-1(3,4)5/h15-27,30-43,50-51H,9-14,28-29,44-45H2,1-8H3;(H,2,3,4,5)/q+1;/p-1. The van der Waals surface area contributed by atoms with Crippen LogP contribution in [0.2, 0.25) is 12.1 Å². The van der Waals surface area contributed by atoms with E-state index in [-0.39, 0.29) is 0 Å². The summed E-state index contributed by atoms with van der Waals surface area (Å²) in [5, 5.41) is 3.30. The molecule has 0 radical (unpaired) electrons. The van der Waals surface area contributed by atoms with Crippen molar-refractivity contribution in [1.82, 2.24) is 8.80 Å². The fourth-order valence-corrected chi connectivity index (χ4v) is 19.6. The van der Waals surface area contributed by atoms with Crippen LogP contribution < -0.4 is 29.0 Å². The number of aromatic nitrogens is 2. The van der Waals surface area contributed by atoms with E-state index in [1.807, 2.05) is 0 Å². The van der Waals surface area contributed by atoms with Crippen molar-refractivity contribution < 1.29 is 28.9 Å². The summed E-state index contributed by atoms with van der Waals surface area (Å²) < 4.78 is 39.0. The Labute approximate surface area is 449 Å². The van der Waals surface area contributed by atoms with Crippen molar-refractivity contribution in [3.63, 3.8) is 0 Å². The number of hydrogen-bond donors (Lipinski definition) is 0. The summed E-state index contributed by atoms with van der Waals surface area (Å²) in [5.74, 6) is 2.69. The summed E-state index contributed by atoms with van der Waals surface area (Å²) in [6, 6.07) is 61.0. The lowest BCUT2D eigenvalue weighted by molar-refractivity contribution is -2.00. The molecule has 0 spiro atoms. The number of halogens is 1. The van der Waals surface area contributed by atoms with Crippen molar-refractivity contribution in [3.8, 4) is 44.8 Å². The van der Waals surface area contributed by atoms with Crippen LogP contribution in [-0.4, -0.2) is 16.9 Å². The highest BCUT2D eigenvalue weighted by Gasteiger charge is 2.53. The summed E-state index contributed by atoms with van der Waals surface area (Å²) in [6.07, 6.45) is 14.6. The second kappa shape index (κ2) is 23.0. The molecule has 10 rings (SSSR count). The van der Waals surface area contributed by atoms with Gasteiger partial charge < -0.3 is 8.80 Å². The molecule has 2 atom stereocenters. The maximum absolute atomic E-state index is 8.49. The largest absolute Gasteiger partial charge is 0.316 e. The number of nitrogens with zero attached hydrogens (tertiary/aromatic N) is 2. The Morgan fingerprint density at radius 2 is 0.880 bits per heavy atom. The molecule has 8 heteroatoms. The Hall–Kier alpha value is -6.16. The maximum atomic E-state index is 8.49. The predicted octanol–water partition coefficient (Wildman–Crippen LogP) is 12.7. The maximum Gasteiger partial charge on any atom is 0.177 e. The normalized spacial score (nSPS) is 13.8. The molecule has 0 bridgehead atoms. The summed E-state index contributed by atoms with van der Waals surface area (Å²) in [6.45, 7) is 19.1. The summed E-state index contributed by atoms with van der Waals surface area (Å²) in [5.41, 5.74) is 22.7. The molecule has 1 aliphatic rings. The number of aryl methyl sites for hydroxylation is 4. The van der Waals surface area contributed by atoms with Gasteiger partial charge in [0, 0.05) is 56.8 Å². The lowest BCUT2D eigenvalue weighted by Crippen LogP contribution is -2.68. The van der Waals surface area contributed by atoms with Crippen LogP contribution in [0.5, 0.6) is 0 Å². The summed E-state index contributed by atoms with van der Waals surface area (Å²) in [7, 11) is -7.63. The average Bonchev–Trinajstić information content (AvgIpc) is 4.01. The minimum Gasteiger partial charge on any atom is -0.316 e. The van der Waals surface area contributed by atoms with Crippen LogP contribution in [0.4, 0.5) is 0 Å². The third-order valence-corrected chi connectivity index (χ3v) is 22.0. The highest BCUT2D eigenvalue weighted by atomic mass is 35.7. The first-order valence-corrected chi connectivity index (χ1v) is 31.0. The zero-order valence-corrected chi connectivity index (χ0v) is 47.0. The second-order valence-electron chi connectivity index (χ2n) is 21.2. The third-order valence-electron chi connectivity index (χ3n) is 16.6. The molecule has 1 aliphatic heterocycles.